The molecule has 0 saturated carbocycles. The van der Waals surface area contributed by atoms with Crippen LogP contribution in [0.25, 0.3) is 10.8 Å². The predicted octanol–water partition coefficient (Wildman–Crippen LogP) is 2.51. The first kappa shape index (κ1) is 20.3. The molecule has 29 heavy (non-hydrogen) atoms. The van der Waals surface area contributed by atoms with Crippen molar-refractivity contribution >= 4 is 22.6 Å². The van der Waals surface area contributed by atoms with Crippen LogP contribution >= 0.6 is 0 Å². The minimum atomic E-state index is -0.560. The third-order valence-electron chi connectivity index (χ3n) is 4.69. The number of nitrogens with one attached hydrogen (secondary N) is 2. The fourth-order valence-corrected chi connectivity index (χ4v) is 3.07. The van der Waals surface area contributed by atoms with E-state index in [0.717, 1.165) is 6.42 Å². The summed E-state index contributed by atoms with van der Waals surface area (Å²) >= 11 is 0. The first-order chi connectivity index (χ1) is 14.0. The highest BCUT2D eigenvalue weighted by Crippen LogP contribution is 2.13. The lowest BCUT2D eigenvalue weighted by Gasteiger charge is -2.11. The first-order valence-electron chi connectivity index (χ1n) is 9.64. The Labute approximate surface area is 168 Å². The van der Waals surface area contributed by atoms with Crippen molar-refractivity contribution in [1.82, 2.24) is 20.6 Å². The van der Waals surface area contributed by atoms with Gasteiger partial charge in [0.05, 0.1) is 5.39 Å². The number of benzene rings is 2. The Morgan fingerprint density at radius 1 is 1.00 bits per heavy atom. The van der Waals surface area contributed by atoms with E-state index in [1.165, 1.54) is 15.8 Å². The molecule has 0 spiro atoms. The fourth-order valence-electron chi connectivity index (χ4n) is 3.07. The number of carbonyl (C=O) groups is 2. The normalized spacial score (nSPS) is 10.7. The van der Waals surface area contributed by atoms with Gasteiger partial charge >= 0.3 is 0 Å². The Balaban J connectivity index is 1.60. The molecule has 0 fully saturated rings. The molecule has 150 valence electrons. The van der Waals surface area contributed by atoms with Crippen LogP contribution in [0, 0.1) is 6.92 Å². The van der Waals surface area contributed by atoms with Crippen molar-refractivity contribution in [1.29, 1.82) is 0 Å². The molecular weight excluding hydrogens is 368 g/mol. The highest BCUT2D eigenvalue weighted by Gasteiger charge is 2.16. The Morgan fingerprint density at radius 3 is 2.38 bits per heavy atom. The summed E-state index contributed by atoms with van der Waals surface area (Å²) in [5.74, 6) is -0.839. The Morgan fingerprint density at radius 2 is 1.69 bits per heavy atom. The quantitative estimate of drug-likeness (QED) is 0.631. The third kappa shape index (κ3) is 4.87. The van der Waals surface area contributed by atoms with Gasteiger partial charge in [0.1, 0.15) is 0 Å². The van der Waals surface area contributed by atoms with Gasteiger partial charge in [0.2, 0.25) is 5.91 Å². The summed E-state index contributed by atoms with van der Waals surface area (Å²) in [7, 11) is 0. The molecule has 0 aliphatic heterocycles. The summed E-state index contributed by atoms with van der Waals surface area (Å²) < 4.78 is 1.24. The molecule has 0 atom stereocenters. The first-order valence-corrected chi connectivity index (χ1v) is 9.64. The monoisotopic (exact) mass is 392 g/mol. The van der Waals surface area contributed by atoms with Crippen LogP contribution in [0.2, 0.25) is 0 Å². The molecule has 3 rings (SSSR count). The van der Waals surface area contributed by atoms with E-state index in [4.69, 9.17) is 0 Å². The molecule has 0 unspecified atom stereocenters. The maximum Gasteiger partial charge on any atom is 0.290 e. The van der Waals surface area contributed by atoms with Crippen LogP contribution in [0.1, 0.15) is 41.4 Å². The van der Waals surface area contributed by atoms with Crippen molar-refractivity contribution in [2.24, 2.45) is 0 Å². The van der Waals surface area contributed by atoms with E-state index in [0.29, 0.717) is 23.7 Å². The second-order valence-electron chi connectivity index (χ2n) is 6.86. The highest BCUT2D eigenvalue weighted by atomic mass is 16.2. The van der Waals surface area contributed by atoms with Crippen LogP contribution in [0.3, 0.4) is 0 Å². The van der Waals surface area contributed by atoms with Crippen molar-refractivity contribution in [3.63, 3.8) is 0 Å². The Hall–Kier alpha value is -3.48. The van der Waals surface area contributed by atoms with Crippen molar-refractivity contribution in [3.8, 4) is 0 Å². The molecule has 0 bridgehead atoms. The molecule has 0 radical (unpaired) electrons. The SMILES string of the molecule is CCn1nc(C(=O)NNC(=O)CCCc2ccc(C)cc2)c2ccccc2c1=O. The zero-order chi connectivity index (χ0) is 20.8. The molecule has 2 amide bonds. The van der Waals surface area contributed by atoms with Crippen LogP contribution in [-0.2, 0) is 17.8 Å². The summed E-state index contributed by atoms with van der Waals surface area (Å²) in [5, 5.41) is 5.01. The lowest BCUT2D eigenvalue weighted by atomic mass is 10.1. The van der Waals surface area contributed by atoms with Gasteiger partial charge in [-0.2, -0.15) is 5.10 Å². The standard InChI is InChI=1S/C22H24N4O3/c1-3-26-22(29)18-9-5-4-8-17(18)20(25-26)21(28)24-23-19(27)10-6-7-16-13-11-15(2)12-14-16/h4-5,8-9,11-14H,3,6-7,10H2,1-2H3,(H,23,27)(H,24,28). The zero-order valence-electron chi connectivity index (χ0n) is 16.6. The van der Waals surface area contributed by atoms with Gasteiger partial charge in [-0.15, -0.1) is 0 Å². The van der Waals surface area contributed by atoms with E-state index in [1.54, 1.807) is 31.2 Å². The van der Waals surface area contributed by atoms with Gasteiger partial charge in [-0.05, 0) is 38.3 Å². The lowest BCUT2D eigenvalue weighted by molar-refractivity contribution is -0.121. The number of nitrogens with zero attached hydrogens (tertiary/aromatic N) is 2. The van der Waals surface area contributed by atoms with E-state index in [-0.39, 0.29) is 23.6 Å². The van der Waals surface area contributed by atoms with E-state index in [9.17, 15) is 14.4 Å². The summed E-state index contributed by atoms with van der Waals surface area (Å²) in [4.78, 5) is 37.0. The van der Waals surface area contributed by atoms with Crippen molar-refractivity contribution in [2.75, 3.05) is 0 Å². The fraction of sp³-hybridized carbons (Fsp3) is 0.273. The second kappa shape index (κ2) is 9.14. The molecule has 7 heteroatoms. The van der Waals surface area contributed by atoms with Crippen LogP contribution in [0.5, 0.6) is 0 Å². The largest absolute Gasteiger partial charge is 0.290 e. The van der Waals surface area contributed by atoms with Crippen molar-refractivity contribution < 1.29 is 9.59 Å². The molecular formula is C22H24N4O3. The average Bonchev–Trinajstić information content (AvgIpc) is 2.74. The summed E-state index contributed by atoms with van der Waals surface area (Å²) in [5.41, 5.74) is 7.05. The van der Waals surface area contributed by atoms with Gasteiger partial charge in [-0.25, -0.2) is 4.68 Å². The molecule has 2 N–H and O–H groups in total. The van der Waals surface area contributed by atoms with Crippen LogP contribution in [0.4, 0.5) is 0 Å². The van der Waals surface area contributed by atoms with E-state index in [2.05, 4.69) is 28.1 Å². The highest BCUT2D eigenvalue weighted by molar-refractivity contribution is 6.05. The average molecular weight is 392 g/mol. The Kier molecular flexibility index (Phi) is 6.39. The van der Waals surface area contributed by atoms with E-state index < -0.39 is 5.91 Å². The summed E-state index contributed by atoms with van der Waals surface area (Å²) in [6.07, 6.45) is 1.75. The summed E-state index contributed by atoms with van der Waals surface area (Å²) in [6, 6.07) is 15.0. The van der Waals surface area contributed by atoms with E-state index >= 15 is 0 Å². The van der Waals surface area contributed by atoms with Crippen LogP contribution in [-0.4, -0.2) is 21.6 Å². The van der Waals surface area contributed by atoms with Gasteiger partial charge in [-0.3, -0.25) is 25.2 Å². The van der Waals surface area contributed by atoms with Crippen LogP contribution in [0.15, 0.2) is 53.3 Å². The summed E-state index contributed by atoms with van der Waals surface area (Å²) in [6.45, 7) is 4.15. The van der Waals surface area contributed by atoms with Gasteiger partial charge in [0, 0.05) is 18.4 Å². The molecule has 0 aliphatic rings. The zero-order valence-corrected chi connectivity index (χ0v) is 16.6. The predicted molar refractivity (Wildman–Crippen MR) is 111 cm³/mol. The molecule has 3 aromatic rings. The minimum Gasteiger partial charge on any atom is -0.273 e. The number of fused-ring (bicyclic) bond motifs is 1. The molecule has 2 aromatic carbocycles. The second-order valence-corrected chi connectivity index (χ2v) is 6.86. The topological polar surface area (TPSA) is 93.1 Å². The molecule has 0 saturated heterocycles. The van der Waals surface area contributed by atoms with Gasteiger partial charge in [0.25, 0.3) is 11.5 Å². The van der Waals surface area contributed by atoms with Crippen molar-refractivity contribution in [3.05, 3.63) is 75.7 Å². The van der Waals surface area contributed by atoms with Crippen LogP contribution < -0.4 is 16.4 Å². The number of hydrazine groups is 1. The molecule has 0 aliphatic carbocycles. The number of aromatic nitrogens is 2. The van der Waals surface area contributed by atoms with Gasteiger partial charge < -0.3 is 0 Å². The van der Waals surface area contributed by atoms with Crippen molar-refractivity contribution in [2.45, 2.75) is 39.7 Å². The smallest absolute Gasteiger partial charge is 0.273 e. The minimum absolute atomic E-state index is 0.0991. The molecule has 1 heterocycles. The number of hydrogen-bond donors (Lipinski definition) is 2. The van der Waals surface area contributed by atoms with Gasteiger partial charge in [-0.1, -0.05) is 48.0 Å². The van der Waals surface area contributed by atoms with Gasteiger partial charge in [0.15, 0.2) is 5.69 Å². The third-order valence-corrected chi connectivity index (χ3v) is 4.69. The number of amides is 2. The van der Waals surface area contributed by atoms with E-state index in [1.807, 2.05) is 19.1 Å². The molecule has 1 aromatic heterocycles. The molecule has 7 nitrogen and oxygen atoms in total. The number of hydrogen-bond acceptors (Lipinski definition) is 4. The lowest BCUT2D eigenvalue weighted by Crippen LogP contribution is -2.42. The number of rotatable bonds is 6. The Bertz CT molecular complexity index is 1090. The number of aryl methyl sites for hydroxylation is 3. The maximum absolute atomic E-state index is 12.6. The maximum atomic E-state index is 12.6. The number of carbonyl (C=O) groups excluding carboxylic acids is 2.